The van der Waals surface area contributed by atoms with Gasteiger partial charge in [0.15, 0.2) is 0 Å². The predicted molar refractivity (Wildman–Crippen MR) is 48.1 cm³/mol. The lowest BCUT2D eigenvalue weighted by molar-refractivity contribution is -0.125. The zero-order chi connectivity index (χ0) is 9.59. The molecule has 1 aromatic heterocycles. The molecule has 2 atom stereocenters. The van der Waals surface area contributed by atoms with Crippen LogP contribution in [0.5, 0.6) is 0 Å². The van der Waals surface area contributed by atoms with Gasteiger partial charge in [-0.1, -0.05) is 0 Å². The number of nitrogens with zero attached hydrogens (tertiary/aromatic N) is 3. The Hall–Kier alpha value is -1.36. The summed E-state index contributed by atoms with van der Waals surface area (Å²) in [6.45, 7) is 1.93. The fraction of sp³-hybridized carbons (Fsp3) is 0.500. The van der Waals surface area contributed by atoms with Gasteiger partial charge in [-0.25, -0.2) is 0 Å². The normalized spacial score (nSPS) is 27.6. The van der Waals surface area contributed by atoms with Gasteiger partial charge in [-0.2, -0.15) is 5.10 Å². The number of carbonyl (C=O) groups excluding carboxylic acids is 1. The third kappa shape index (κ3) is 1.04. The lowest BCUT2D eigenvalue weighted by Gasteiger charge is -2.42. The van der Waals surface area contributed by atoms with Crippen LogP contribution in [0.3, 0.4) is 0 Å². The van der Waals surface area contributed by atoms with Crippen molar-refractivity contribution in [1.82, 2.24) is 9.78 Å². The highest BCUT2D eigenvalue weighted by molar-refractivity contribution is 6.04. The van der Waals surface area contributed by atoms with E-state index < -0.39 is 0 Å². The van der Waals surface area contributed by atoms with Gasteiger partial charge in [-0.3, -0.25) is 9.48 Å². The van der Waals surface area contributed by atoms with E-state index in [0.717, 1.165) is 5.69 Å². The number of β-lactam (4-membered cyclic amide) rings is 1. The summed E-state index contributed by atoms with van der Waals surface area (Å²) in [5.74, 6) is -0.0273. The molecule has 70 valence electrons. The number of hydrogen-bond acceptors (Lipinski definition) is 3. The van der Waals surface area contributed by atoms with Gasteiger partial charge in [0.2, 0.25) is 5.91 Å². The quantitative estimate of drug-likeness (QED) is 0.591. The minimum Gasteiger partial charge on any atom is -0.318 e. The molecule has 0 saturated carbocycles. The van der Waals surface area contributed by atoms with Crippen molar-refractivity contribution in [3.05, 3.63) is 12.4 Å². The first-order valence-corrected chi connectivity index (χ1v) is 4.18. The van der Waals surface area contributed by atoms with Crippen molar-refractivity contribution in [2.45, 2.75) is 19.0 Å². The van der Waals surface area contributed by atoms with E-state index in [-0.39, 0.29) is 18.0 Å². The Labute approximate surface area is 76.1 Å². The molecule has 5 nitrogen and oxygen atoms in total. The van der Waals surface area contributed by atoms with Crippen molar-refractivity contribution in [3.63, 3.8) is 0 Å². The van der Waals surface area contributed by atoms with Crippen LogP contribution >= 0.6 is 0 Å². The van der Waals surface area contributed by atoms with E-state index in [0.29, 0.717) is 0 Å². The number of amides is 1. The summed E-state index contributed by atoms with van der Waals surface area (Å²) in [7, 11) is 1.82. The number of rotatable bonds is 1. The number of aromatic nitrogens is 2. The molecule has 13 heavy (non-hydrogen) atoms. The van der Waals surface area contributed by atoms with Crippen LogP contribution in [0.25, 0.3) is 0 Å². The second-order valence-electron chi connectivity index (χ2n) is 3.35. The van der Waals surface area contributed by atoms with Crippen molar-refractivity contribution in [1.29, 1.82) is 0 Å². The molecule has 1 aromatic rings. The van der Waals surface area contributed by atoms with Crippen LogP contribution in [0.2, 0.25) is 0 Å². The maximum atomic E-state index is 11.3. The van der Waals surface area contributed by atoms with Gasteiger partial charge in [-0.05, 0) is 6.92 Å². The third-order valence-corrected chi connectivity index (χ3v) is 2.42. The molecule has 1 saturated heterocycles. The summed E-state index contributed by atoms with van der Waals surface area (Å²) >= 11 is 0. The number of carbonyl (C=O) groups is 1. The fourth-order valence-electron chi connectivity index (χ4n) is 1.54. The van der Waals surface area contributed by atoms with Crippen LogP contribution in [0.1, 0.15) is 6.92 Å². The Morgan fingerprint density at radius 2 is 2.31 bits per heavy atom. The van der Waals surface area contributed by atoms with Crippen molar-refractivity contribution in [2.75, 3.05) is 4.90 Å². The Bertz CT molecular complexity index is 346. The first-order valence-electron chi connectivity index (χ1n) is 4.18. The first kappa shape index (κ1) is 8.25. The molecule has 0 unspecified atom stereocenters. The third-order valence-electron chi connectivity index (χ3n) is 2.42. The van der Waals surface area contributed by atoms with Crippen molar-refractivity contribution in [3.8, 4) is 0 Å². The van der Waals surface area contributed by atoms with E-state index in [9.17, 15) is 4.79 Å². The van der Waals surface area contributed by atoms with Crippen LogP contribution in [-0.2, 0) is 11.8 Å². The van der Waals surface area contributed by atoms with Gasteiger partial charge < -0.3 is 10.6 Å². The molecule has 2 rings (SSSR count). The minimum atomic E-state index is -0.347. The van der Waals surface area contributed by atoms with Gasteiger partial charge in [-0.15, -0.1) is 0 Å². The summed E-state index contributed by atoms with van der Waals surface area (Å²) in [6, 6.07) is -0.267. The Morgan fingerprint density at radius 3 is 2.77 bits per heavy atom. The van der Waals surface area contributed by atoms with Crippen molar-refractivity contribution in [2.24, 2.45) is 12.8 Å². The largest absolute Gasteiger partial charge is 0.318 e. The van der Waals surface area contributed by atoms with Crippen LogP contribution in [-0.4, -0.2) is 27.8 Å². The fourth-order valence-corrected chi connectivity index (χ4v) is 1.54. The monoisotopic (exact) mass is 180 g/mol. The minimum absolute atomic E-state index is 0.0273. The molecule has 1 fully saturated rings. The molecule has 0 radical (unpaired) electrons. The van der Waals surface area contributed by atoms with E-state index in [2.05, 4.69) is 5.10 Å². The molecule has 0 spiro atoms. The molecule has 0 bridgehead atoms. The highest BCUT2D eigenvalue weighted by Gasteiger charge is 2.42. The molecule has 5 heteroatoms. The van der Waals surface area contributed by atoms with Crippen LogP contribution < -0.4 is 10.6 Å². The second-order valence-corrected chi connectivity index (χ2v) is 3.35. The molecular formula is C8H12N4O. The standard InChI is InChI=1S/C8H12N4O/c1-5-7(9)8(13)12(5)6-3-10-11(2)4-6/h3-5,7H,9H2,1-2H3/t5-,7+/m1/s1. The average molecular weight is 180 g/mol. The Morgan fingerprint density at radius 1 is 1.62 bits per heavy atom. The molecule has 0 aromatic carbocycles. The molecule has 2 heterocycles. The maximum Gasteiger partial charge on any atom is 0.246 e. The summed E-state index contributed by atoms with van der Waals surface area (Å²) in [4.78, 5) is 13.0. The molecule has 2 N–H and O–H groups in total. The lowest BCUT2D eigenvalue weighted by atomic mass is 9.97. The molecule has 1 aliphatic rings. The smallest absolute Gasteiger partial charge is 0.246 e. The van der Waals surface area contributed by atoms with Gasteiger partial charge in [0.1, 0.15) is 6.04 Å². The van der Waals surface area contributed by atoms with E-state index in [1.165, 1.54) is 0 Å². The summed E-state index contributed by atoms with van der Waals surface area (Å²) in [5.41, 5.74) is 6.40. The van der Waals surface area contributed by atoms with Crippen molar-refractivity contribution >= 4 is 11.6 Å². The lowest BCUT2D eigenvalue weighted by Crippen LogP contribution is -2.67. The van der Waals surface area contributed by atoms with Crippen molar-refractivity contribution < 1.29 is 4.79 Å². The zero-order valence-electron chi connectivity index (χ0n) is 7.64. The number of hydrogen-bond donors (Lipinski definition) is 1. The van der Waals surface area contributed by atoms with Gasteiger partial charge in [0.05, 0.1) is 17.9 Å². The van der Waals surface area contributed by atoms with Crippen LogP contribution in [0, 0.1) is 0 Å². The maximum absolute atomic E-state index is 11.3. The Balaban J connectivity index is 2.24. The first-order chi connectivity index (χ1) is 6.11. The predicted octanol–water partition coefficient (Wildman–Crippen LogP) is -0.518. The van der Waals surface area contributed by atoms with E-state index >= 15 is 0 Å². The topological polar surface area (TPSA) is 64.2 Å². The van der Waals surface area contributed by atoms with E-state index in [1.54, 1.807) is 22.0 Å². The van der Waals surface area contributed by atoms with Gasteiger partial charge in [0, 0.05) is 13.2 Å². The highest BCUT2D eigenvalue weighted by atomic mass is 16.2. The van der Waals surface area contributed by atoms with Crippen LogP contribution in [0.4, 0.5) is 5.69 Å². The summed E-state index contributed by atoms with van der Waals surface area (Å²) in [6.07, 6.45) is 3.47. The highest BCUT2D eigenvalue weighted by Crippen LogP contribution is 2.25. The Kier molecular flexibility index (Phi) is 1.63. The van der Waals surface area contributed by atoms with E-state index in [1.807, 2.05) is 14.0 Å². The molecule has 1 amide bonds. The average Bonchev–Trinajstić information content (AvgIpc) is 2.51. The van der Waals surface area contributed by atoms with Gasteiger partial charge in [0.25, 0.3) is 0 Å². The summed E-state index contributed by atoms with van der Waals surface area (Å²) < 4.78 is 1.67. The zero-order valence-corrected chi connectivity index (χ0v) is 7.64. The SMILES string of the molecule is C[C@@H]1[C@H](N)C(=O)N1c1cnn(C)c1. The summed E-state index contributed by atoms with van der Waals surface area (Å²) in [5, 5.41) is 4.00. The van der Waals surface area contributed by atoms with Crippen LogP contribution in [0.15, 0.2) is 12.4 Å². The van der Waals surface area contributed by atoms with Gasteiger partial charge >= 0.3 is 0 Å². The molecular weight excluding hydrogens is 168 g/mol. The number of aryl methyl sites for hydroxylation is 1. The number of nitrogens with two attached hydrogens (primary N) is 1. The van der Waals surface area contributed by atoms with E-state index in [4.69, 9.17) is 5.73 Å². The molecule has 1 aliphatic heterocycles. The number of anilines is 1. The second kappa shape index (κ2) is 2.56. The molecule has 0 aliphatic carbocycles.